The smallest absolute Gasteiger partial charge is 0.356 e. The van der Waals surface area contributed by atoms with E-state index in [-0.39, 0.29) is 16.3 Å². The van der Waals surface area contributed by atoms with Gasteiger partial charge in [-0.05, 0) is 18.2 Å². The SMILES string of the molecule is CC(=O)Nc1c(F)c(-c2ccc(Cl)cc2Cl)nc(C(=O)O)c1Cl. The first kappa shape index (κ1) is 17.5. The zero-order valence-corrected chi connectivity index (χ0v) is 13.7. The van der Waals surface area contributed by atoms with Crippen LogP contribution >= 0.6 is 34.8 Å². The molecule has 5 nitrogen and oxygen atoms in total. The van der Waals surface area contributed by atoms with E-state index in [0.717, 1.165) is 6.92 Å². The summed E-state index contributed by atoms with van der Waals surface area (Å²) in [4.78, 5) is 26.2. The summed E-state index contributed by atoms with van der Waals surface area (Å²) in [5.74, 6) is -3.10. The van der Waals surface area contributed by atoms with Gasteiger partial charge in [0.2, 0.25) is 5.91 Å². The number of carboxylic acid groups (broad SMARTS) is 1. The maximum absolute atomic E-state index is 14.7. The van der Waals surface area contributed by atoms with E-state index < -0.39 is 34.1 Å². The standard InChI is InChI=1S/C14H8Cl3FN2O3/c1-5(21)19-12-9(17)13(14(22)23)20-11(10(12)18)7-3-2-6(15)4-8(7)16/h2-4H,1H3,(H,22,23)(H,19,20,21). The van der Waals surface area contributed by atoms with Crippen LogP contribution in [0.25, 0.3) is 11.3 Å². The van der Waals surface area contributed by atoms with Crippen molar-refractivity contribution >= 4 is 52.4 Å². The average molecular weight is 378 g/mol. The number of hydrogen-bond donors (Lipinski definition) is 2. The Balaban J connectivity index is 2.79. The monoisotopic (exact) mass is 376 g/mol. The first-order chi connectivity index (χ1) is 10.7. The molecule has 0 saturated carbocycles. The molecular formula is C14H8Cl3FN2O3. The number of aromatic carboxylic acids is 1. The molecule has 23 heavy (non-hydrogen) atoms. The van der Waals surface area contributed by atoms with Crippen LogP contribution in [0.5, 0.6) is 0 Å². The molecule has 2 N–H and O–H groups in total. The number of amides is 1. The summed E-state index contributed by atoms with van der Waals surface area (Å²) in [6, 6.07) is 4.18. The summed E-state index contributed by atoms with van der Waals surface area (Å²) in [5.41, 5.74) is -1.35. The third-order valence-electron chi connectivity index (χ3n) is 2.77. The fourth-order valence-electron chi connectivity index (χ4n) is 1.83. The van der Waals surface area contributed by atoms with Crippen molar-refractivity contribution in [3.8, 4) is 11.3 Å². The highest BCUT2D eigenvalue weighted by molar-refractivity contribution is 6.37. The second-order valence-electron chi connectivity index (χ2n) is 4.42. The molecule has 0 aliphatic rings. The van der Waals surface area contributed by atoms with E-state index in [2.05, 4.69) is 10.3 Å². The molecule has 2 rings (SSSR count). The fourth-order valence-corrected chi connectivity index (χ4v) is 2.58. The zero-order chi connectivity index (χ0) is 17.3. The normalized spacial score (nSPS) is 10.5. The van der Waals surface area contributed by atoms with E-state index in [4.69, 9.17) is 39.9 Å². The van der Waals surface area contributed by atoms with Gasteiger partial charge in [0, 0.05) is 17.5 Å². The lowest BCUT2D eigenvalue weighted by molar-refractivity contribution is -0.114. The van der Waals surface area contributed by atoms with E-state index >= 15 is 0 Å². The fraction of sp³-hybridized carbons (Fsp3) is 0.0714. The Morgan fingerprint density at radius 3 is 2.43 bits per heavy atom. The number of pyridine rings is 1. The van der Waals surface area contributed by atoms with Crippen molar-refractivity contribution in [2.45, 2.75) is 6.92 Å². The number of halogens is 4. The number of carbonyl (C=O) groups is 2. The highest BCUT2D eigenvalue weighted by Crippen LogP contribution is 2.37. The molecule has 1 amide bonds. The molecule has 0 aliphatic carbocycles. The Hall–Kier alpha value is -1.89. The van der Waals surface area contributed by atoms with E-state index in [1.807, 2.05) is 0 Å². The summed E-state index contributed by atoms with van der Waals surface area (Å²) < 4.78 is 14.7. The van der Waals surface area contributed by atoms with E-state index in [1.165, 1.54) is 18.2 Å². The van der Waals surface area contributed by atoms with Crippen molar-refractivity contribution in [3.05, 3.63) is 44.8 Å². The number of benzene rings is 1. The summed E-state index contributed by atoms with van der Waals surface area (Å²) >= 11 is 17.6. The largest absolute Gasteiger partial charge is 0.476 e. The predicted molar refractivity (Wildman–Crippen MR) is 85.9 cm³/mol. The van der Waals surface area contributed by atoms with Gasteiger partial charge < -0.3 is 10.4 Å². The van der Waals surface area contributed by atoms with E-state index in [0.29, 0.717) is 5.02 Å². The summed E-state index contributed by atoms with van der Waals surface area (Å²) in [6.45, 7) is 1.13. The van der Waals surface area contributed by atoms with Gasteiger partial charge in [-0.1, -0.05) is 34.8 Å². The van der Waals surface area contributed by atoms with E-state index in [9.17, 15) is 14.0 Å². The Kier molecular flexibility index (Phi) is 5.09. The topological polar surface area (TPSA) is 79.3 Å². The number of nitrogens with one attached hydrogen (secondary N) is 1. The first-order valence-electron chi connectivity index (χ1n) is 6.07. The summed E-state index contributed by atoms with van der Waals surface area (Å²) in [5, 5.41) is 11.2. The van der Waals surface area contributed by atoms with Crippen LogP contribution in [0.15, 0.2) is 18.2 Å². The molecule has 1 aromatic heterocycles. The van der Waals surface area contributed by atoms with Crippen LogP contribution in [0.1, 0.15) is 17.4 Å². The minimum absolute atomic E-state index is 0.0661. The Labute approximate surface area is 145 Å². The third-order valence-corrected chi connectivity index (χ3v) is 3.68. The van der Waals surface area contributed by atoms with Gasteiger partial charge in [-0.25, -0.2) is 14.2 Å². The Morgan fingerprint density at radius 1 is 1.26 bits per heavy atom. The molecule has 1 aromatic carbocycles. The van der Waals surface area contributed by atoms with Gasteiger partial charge in [0.05, 0.1) is 5.02 Å². The van der Waals surface area contributed by atoms with Gasteiger partial charge in [-0.3, -0.25) is 4.79 Å². The highest BCUT2D eigenvalue weighted by Gasteiger charge is 2.25. The number of hydrogen-bond acceptors (Lipinski definition) is 3. The van der Waals surface area contributed by atoms with E-state index in [1.54, 1.807) is 0 Å². The summed E-state index contributed by atoms with van der Waals surface area (Å²) in [6.07, 6.45) is 0. The van der Waals surface area contributed by atoms with Crippen molar-refractivity contribution in [2.24, 2.45) is 0 Å². The van der Waals surface area contributed by atoms with Crippen LogP contribution in [0, 0.1) is 5.82 Å². The lowest BCUT2D eigenvalue weighted by Gasteiger charge is -2.13. The number of aromatic nitrogens is 1. The minimum atomic E-state index is -1.48. The molecule has 0 fully saturated rings. The molecule has 2 aromatic rings. The maximum Gasteiger partial charge on any atom is 0.356 e. The van der Waals surface area contributed by atoms with Crippen LogP contribution in [-0.4, -0.2) is 22.0 Å². The van der Waals surface area contributed by atoms with Crippen LogP contribution in [-0.2, 0) is 4.79 Å². The minimum Gasteiger partial charge on any atom is -0.476 e. The van der Waals surface area contributed by atoms with Gasteiger partial charge in [0.1, 0.15) is 16.4 Å². The molecule has 0 spiro atoms. The van der Waals surface area contributed by atoms with Crippen molar-refractivity contribution in [1.82, 2.24) is 4.98 Å². The second kappa shape index (κ2) is 6.70. The number of carbonyl (C=O) groups excluding carboxylic acids is 1. The molecular weight excluding hydrogens is 370 g/mol. The van der Waals surface area contributed by atoms with Crippen LogP contribution in [0.4, 0.5) is 10.1 Å². The van der Waals surface area contributed by atoms with Crippen LogP contribution in [0.3, 0.4) is 0 Å². The van der Waals surface area contributed by atoms with Crippen molar-refractivity contribution in [2.75, 3.05) is 5.32 Å². The van der Waals surface area contributed by atoms with Gasteiger partial charge in [-0.15, -0.1) is 0 Å². The molecule has 0 aliphatic heterocycles. The molecule has 9 heteroatoms. The maximum atomic E-state index is 14.7. The lowest BCUT2D eigenvalue weighted by atomic mass is 10.1. The molecule has 0 atom stereocenters. The van der Waals surface area contributed by atoms with Crippen molar-refractivity contribution in [3.63, 3.8) is 0 Å². The summed E-state index contributed by atoms with van der Waals surface area (Å²) in [7, 11) is 0. The first-order valence-corrected chi connectivity index (χ1v) is 7.21. The predicted octanol–water partition coefficient (Wildman–Crippen LogP) is 4.50. The number of anilines is 1. The molecule has 0 unspecified atom stereocenters. The number of nitrogens with zero attached hydrogens (tertiary/aromatic N) is 1. The number of carboxylic acids is 1. The van der Waals surface area contributed by atoms with Gasteiger partial charge in [0.25, 0.3) is 0 Å². The van der Waals surface area contributed by atoms with Crippen LogP contribution in [0.2, 0.25) is 15.1 Å². The van der Waals surface area contributed by atoms with Gasteiger partial charge in [-0.2, -0.15) is 0 Å². The van der Waals surface area contributed by atoms with Crippen molar-refractivity contribution < 1.29 is 19.1 Å². The Morgan fingerprint density at radius 2 is 1.91 bits per heavy atom. The second-order valence-corrected chi connectivity index (χ2v) is 5.64. The molecule has 0 saturated heterocycles. The average Bonchev–Trinajstić information content (AvgIpc) is 2.44. The molecule has 1 heterocycles. The number of rotatable bonds is 3. The molecule has 0 radical (unpaired) electrons. The Bertz CT molecular complexity index is 827. The highest BCUT2D eigenvalue weighted by atomic mass is 35.5. The van der Waals surface area contributed by atoms with Gasteiger partial charge in [0.15, 0.2) is 11.5 Å². The third kappa shape index (κ3) is 3.55. The van der Waals surface area contributed by atoms with Crippen molar-refractivity contribution in [1.29, 1.82) is 0 Å². The van der Waals surface area contributed by atoms with Gasteiger partial charge >= 0.3 is 5.97 Å². The molecule has 0 bridgehead atoms. The lowest BCUT2D eigenvalue weighted by Crippen LogP contribution is -2.13. The van der Waals surface area contributed by atoms with Crippen LogP contribution < -0.4 is 5.32 Å². The quantitative estimate of drug-likeness (QED) is 0.825. The zero-order valence-electron chi connectivity index (χ0n) is 11.5. The molecule has 120 valence electrons.